The molecular formula is C32H22Cl2CuN4O2S2. The van der Waals surface area contributed by atoms with Crippen molar-refractivity contribution in [2.24, 2.45) is 9.98 Å². The number of rotatable bonds is 6. The van der Waals surface area contributed by atoms with E-state index in [0.717, 1.165) is 22.5 Å². The van der Waals surface area contributed by atoms with Crippen LogP contribution in [0.1, 0.15) is 11.1 Å². The first-order valence-corrected chi connectivity index (χ1v) is 15.0. The zero-order valence-corrected chi connectivity index (χ0v) is 26.2. The maximum Gasteiger partial charge on any atom is 0.209 e. The van der Waals surface area contributed by atoms with Gasteiger partial charge in [0.1, 0.15) is 11.5 Å². The summed E-state index contributed by atoms with van der Waals surface area (Å²) in [6, 6.07) is 29.1. The van der Waals surface area contributed by atoms with Gasteiger partial charge in [-0.2, -0.15) is 0 Å². The molecule has 6 aromatic rings. The summed E-state index contributed by atoms with van der Waals surface area (Å²) < 4.78 is 0. The Balaban J connectivity index is 0.000000192. The van der Waals surface area contributed by atoms with E-state index in [1.165, 1.54) is 22.7 Å². The van der Waals surface area contributed by atoms with Gasteiger partial charge in [0, 0.05) is 72.6 Å². The summed E-state index contributed by atoms with van der Waals surface area (Å²) in [6.45, 7) is 0. The molecule has 0 bridgehead atoms. The van der Waals surface area contributed by atoms with Gasteiger partial charge >= 0.3 is 0 Å². The molecule has 4 aromatic carbocycles. The summed E-state index contributed by atoms with van der Waals surface area (Å²) in [4.78, 5) is 17.5. The van der Waals surface area contributed by atoms with Crippen LogP contribution in [0.25, 0.3) is 22.5 Å². The summed E-state index contributed by atoms with van der Waals surface area (Å²) in [5.41, 5.74) is 5.06. The summed E-state index contributed by atoms with van der Waals surface area (Å²) in [5.74, 6) is 0.409. The maximum absolute atomic E-state index is 9.68. The van der Waals surface area contributed by atoms with Gasteiger partial charge in [0.25, 0.3) is 0 Å². The average Bonchev–Trinajstić information content (AvgIpc) is 3.68. The number of para-hydroxylation sites is 2. The van der Waals surface area contributed by atoms with Gasteiger partial charge in [-0.3, -0.25) is 0 Å². The van der Waals surface area contributed by atoms with E-state index in [-0.39, 0.29) is 28.6 Å². The molecule has 0 saturated heterocycles. The van der Waals surface area contributed by atoms with Crippen molar-refractivity contribution < 1.29 is 27.3 Å². The van der Waals surface area contributed by atoms with Crippen molar-refractivity contribution in [1.82, 2.24) is 9.97 Å². The van der Waals surface area contributed by atoms with Crippen LogP contribution in [0.3, 0.4) is 0 Å². The largest absolute Gasteiger partial charge is 0.507 e. The number of benzene rings is 4. The Morgan fingerprint density at radius 1 is 0.558 bits per heavy atom. The second-order valence-corrected chi connectivity index (χ2v) is 11.2. The van der Waals surface area contributed by atoms with Crippen LogP contribution in [-0.4, -0.2) is 32.6 Å². The first kappa shape index (κ1) is 32.1. The first-order chi connectivity index (χ1) is 20.4. The van der Waals surface area contributed by atoms with Crippen LogP contribution in [0.15, 0.2) is 118 Å². The van der Waals surface area contributed by atoms with Gasteiger partial charge in [0.2, 0.25) is 10.3 Å². The van der Waals surface area contributed by atoms with Crippen LogP contribution >= 0.6 is 45.9 Å². The van der Waals surface area contributed by atoms with Crippen LogP contribution in [0.2, 0.25) is 10.0 Å². The number of phenolic OH excluding ortho intramolecular Hbond substituents is 2. The number of hydrogen-bond donors (Lipinski definition) is 2. The fourth-order valence-electron chi connectivity index (χ4n) is 3.60. The van der Waals surface area contributed by atoms with Crippen LogP contribution in [0.5, 0.6) is 11.5 Å². The van der Waals surface area contributed by atoms with E-state index in [2.05, 4.69) is 20.0 Å². The number of phenols is 2. The number of aromatic nitrogens is 2. The summed E-state index contributed by atoms with van der Waals surface area (Å²) in [7, 11) is 0. The van der Waals surface area contributed by atoms with Gasteiger partial charge in [-0.15, -0.1) is 22.7 Å². The third kappa shape index (κ3) is 9.08. The number of halogens is 2. The Hall–Kier alpha value is -3.82. The minimum Gasteiger partial charge on any atom is -0.507 e. The fraction of sp³-hybridized carbons (Fsp3) is 0. The van der Waals surface area contributed by atoms with Gasteiger partial charge < -0.3 is 10.2 Å². The Labute approximate surface area is 277 Å². The molecule has 6 rings (SSSR count). The molecule has 0 fully saturated rings. The standard InChI is InChI=1S/2C16H11ClN2OS.Cu/c2*17-13-7-5-11(6-8-13)14-10-21-16(19-14)18-9-12-3-1-2-4-15(12)20;/h2*1-10,20H;. The van der Waals surface area contributed by atoms with Crippen molar-refractivity contribution in [1.29, 1.82) is 0 Å². The van der Waals surface area contributed by atoms with E-state index in [4.69, 9.17) is 23.2 Å². The zero-order chi connectivity index (χ0) is 29.3. The van der Waals surface area contributed by atoms with E-state index in [0.29, 0.717) is 31.4 Å². The van der Waals surface area contributed by atoms with Gasteiger partial charge in [0.15, 0.2) is 0 Å². The molecule has 0 amide bonds. The molecule has 43 heavy (non-hydrogen) atoms. The second-order valence-electron chi connectivity index (χ2n) is 8.68. The first-order valence-electron chi connectivity index (χ1n) is 12.5. The molecule has 11 heteroatoms. The molecule has 0 unspecified atom stereocenters. The van der Waals surface area contributed by atoms with Crippen LogP contribution in [-0.2, 0) is 17.1 Å². The number of aliphatic imine (C=N–C) groups is 2. The van der Waals surface area contributed by atoms with Crippen molar-refractivity contribution in [3.8, 4) is 34.0 Å². The summed E-state index contributed by atoms with van der Waals surface area (Å²) in [6.07, 6.45) is 3.22. The number of thiazole rings is 2. The zero-order valence-electron chi connectivity index (χ0n) is 22.1. The maximum atomic E-state index is 9.68. The molecular weight excluding hydrogens is 671 g/mol. The van der Waals surface area contributed by atoms with E-state index >= 15 is 0 Å². The molecule has 0 aliphatic heterocycles. The molecule has 0 aliphatic rings. The molecule has 219 valence electrons. The van der Waals surface area contributed by atoms with Crippen molar-refractivity contribution in [2.75, 3.05) is 0 Å². The average molecular weight is 693 g/mol. The summed E-state index contributed by atoms with van der Waals surface area (Å²) >= 11 is 14.6. The molecule has 0 aliphatic carbocycles. The Kier molecular flexibility index (Phi) is 11.6. The van der Waals surface area contributed by atoms with Crippen molar-refractivity contribution >= 4 is 68.6 Å². The second kappa shape index (κ2) is 15.6. The van der Waals surface area contributed by atoms with E-state index in [9.17, 15) is 10.2 Å². The van der Waals surface area contributed by atoms with Gasteiger partial charge in [-0.25, -0.2) is 20.0 Å². The van der Waals surface area contributed by atoms with Crippen LogP contribution in [0, 0.1) is 0 Å². The van der Waals surface area contributed by atoms with Crippen LogP contribution in [0.4, 0.5) is 10.3 Å². The minimum absolute atomic E-state index is 0. The Bertz CT molecular complexity index is 1700. The topological polar surface area (TPSA) is 91.0 Å². The van der Waals surface area contributed by atoms with Crippen molar-refractivity contribution in [3.05, 3.63) is 129 Å². The predicted molar refractivity (Wildman–Crippen MR) is 176 cm³/mol. The molecule has 0 saturated carbocycles. The number of nitrogens with zero attached hydrogens (tertiary/aromatic N) is 4. The Morgan fingerprint density at radius 3 is 1.30 bits per heavy atom. The third-order valence-corrected chi connectivity index (χ3v) is 7.77. The van der Waals surface area contributed by atoms with Crippen molar-refractivity contribution in [3.63, 3.8) is 0 Å². The molecule has 1 radical (unpaired) electrons. The SMILES string of the molecule is Oc1ccccc1C=Nc1nc(-c2ccc(Cl)cc2)cs1.Oc1ccccc1C=Nc1nc(-c2ccc(Cl)cc2)cs1.[Cu]. The molecule has 2 N–H and O–H groups in total. The third-order valence-electron chi connectivity index (χ3n) is 5.77. The predicted octanol–water partition coefficient (Wildman–Crippen LogP) is 9.84. The Morgan fingerprint density at radius 2 is 0.930 bits per heavy atom. The van der Waals surface area contributed by atoms with Crippen LogP contribution < -0.4 is 0 Å². The molecule has 6 nitrogen and oxygen atoms in total. The summed E-state index contributed by atoms with van der Waals surface area (Å²) in [5, 5.41) is 25.9. The quantitative estimate of drug-likeness (QED) is 0.134. The molecule has 2 heterocycles. The fourth-order valence-corrected chi connectivity index (χ4v) is 5.19. The monoisotopic (exact) mass is 691 g/mol. The van der Waals surface area contributed by atoms with Gasteiger partial charge in [-0.1, -0.05) is 71.7 Å². The normalized spacial score (nSPS) is 10.8. The molecule has 0 spiro atoms. The van der Waals surface area contributed by atoms with E-state index in [1.54, 1.807) is 48.8 Å². The molecule has 2 aromatic heterocycles. The number of aromatic hydroxyl groups is 2. The molecule has 0 atom stereocenters. The number of hydrogen-bond acceptors (Lipinski definition) is 8. The minimum atomic E-state index is 0. The van der Waals surface area contributed by atoms with Gasteiger partial charge in [0.05, 0.1) is 11.4 Å². The van der Waals surface area contributed by atoms with Gasteiger partial charge in [-0.05, 0) is 48.5 Å². The van der Waals surface area contributed by atoms with Crippen molar-refractivity contribution in [2.45, 2.75) is 0 Å². The smallest absolute Gasteiger partial charge is 0.209 e. The van der Waals surface area contributed by atoms with E-state index < -0.39 is 0 Å². The van der Waals surface area contributed by atoms with E-state index in [1.807, 2.05) is 71.4 Å².